The molecule has 8 heteroatoms. The Balaban J connectivity index is 2.23. The summed E-state index contributed by atoms with van der Waals surface area (Å²) in [7, 11) is 1.56. The number of esters is 1. The molecule has 0 bridgehead atoms. The number of carbonyl (C=O) groups is 1. The van der Waals surface area contributed by atoms with E-state index in [1.54, 1.807) is 13.2 Å². The van der Waals surface area contributed by atoms with Crippen molar-refractivity contribution in [2.45, 2.75) is 86.0 Å². The third kappa shape index (κ3) is 6.69. The summed E-state index contributed by atoms with van der Waals surface area (Å²) in [6.07, 6.45) is 2.68. The second kappa shape index (κ2) is 10.5. The van der Waals surface area contributed by atoms with E-state index in [4.69, 9.17) is 14.2 Å². The van der Waals surface area contributed by atoms with Gasteiger partial charge in [0.2, 0.25) is 5.88 Å². The number of anilines is 1. The number of pyridine rings is 1. The summed E-state index contributed by atoms with van der Waals surface area (Å²) in [5, 5.41) is 8.58. The van der Waals surface area contributed by atoms with E-state index in [1.165, 1.54) is 0 Å². The van der Waals surface area contributed by atoms with Gasteiger partial charge in [-0.05, 0) is 65.9 Å². The first kappa shape index (κ1) is 26.9. The lowest BCUT2D eigenvalue weighted by molar-refractivity contribution is -0.171. The molecule has 0 spiro atoms. The molecule has 3 rings (SSSR count). The van der Waals surface area contributed by atoms with E-state index in [1.807, 2.05) is 53.8 Å². The van der Waals surface area contributed by atoms with Gasteiger partial charge >= 0.3 is 5.97 Å². The smallest absolute Gasteiger partial charge is 0.340 e. The number of ether oxygens (including phenoxy) is 3. The van der Waals surface area contributed by atoms with E-state index in [-0.39, 0.29) is 11.5 Å². The summed E-state index contributed by atoms with van der Waals surface area (Å²) in [4.78, 5) is 20.4. The minimum absolute atomic E-state index is 0.261. The third-order valence-electron chi connectivity index (χ3n) is 6.15. The quantitative estimate of drug-likeness (QED) is 0.490. The van der Waals surface area contributed by atoms with Gasteiger partial charge in [0.25, 0.3) is 0 Å². The average molecular weight is 485 g/mol. The van der Waals surface area contributed by atoms with Crippen molar-refractivity contribution in [3.63, 3.8) is 0 Å². The van der Waals surface area contributed by atoms with Crippen LogP contribution in [0.25, 0.3) is 11.3 Å². The highest BCUT2D eigenvalue weighted by Crippen LogP contribution is 2.43. The highest BCUT2D eigenvalue weighted by atomic mass is 16.6. The van der Waals surface area contributed by atoms with Gasteiger partial charge in [-0.2, -0.15) is 0 Å². The summed E-state index contributed by atoms with van der Waals surface area (Å²) in [6, 6.07) is 3.65. The number of methoxy groups -OCH3 is 1. The van der Waals surface area contributed by atoms with E-state index in [0.29, 0.717) is 11.6 Å². The number of hydrogen-bond donors (Lipinski definition) is 0. The van der Waals surface area contributed by atoms with Crippen LogP contribution in [0, 0.1) is 12.3 Å². The zero-order valence-electron chi connectivity index (χ0n) is 22.6. The van der Waals surface area contributed by atoms with Crippen molar-refractivity contribution in [1.29, 1.82) is 0 Å². The van der Waals surface area contributed by atoms with Crippen molar-refractivity contribution >= 4 is 11.7 Å². The predicted octanol–water partition coefficient (Wildman–Crippen LogP) is 5.29. The van der Waals surface area contributed by atoms with Crippen LogP contribution in [0.3, 0.4) is 0 Å². The zero-order valence-corrected chi connectivity index (χ0v) is 22.6. The monoisotopic (exact) mass is 484 g/mol. The Labute approximate surface area is 209 Å². The Morgan fingerprint density at radius 3 is 2.29 bits per heavy atom. The number of nitrogens with zero attached hydrogens (tertiary/aromatic N) is 4. The summed E-state index contributed by atoms with van der Waals surface area (Å²) in [5.74, 6) is 0.0150. The summed E-state index contributed by atoms with van der Waals surface area (Å²) in [5.41, 5.74) is 3.50. The largest absolute Gasteiger partial charge is 0.480 e. The summed E-state index contributed by atoms with van der Waals surface area (Å²) >= 11 is 0. The zero-order chi connectivity index (χ0) is 26.0. The number of hydrogen-bond acceptors (Lipinski definition) is 8. The van der Waals surface area contributed by atoms with Crippen LogP contribution in [0.5, 0.6) is 5.88 Å². The first-order valence-electron chi connectivity index (χ1n) is 12.3. The number of carbonyl (C=O) groups excluding carboxylic acids is 1. The molecule has 0 aliphatic carbocycles. The number of aryl methyl sites for hydroxylation is 1. The van der Waals surface area contributed by atoms with Crippen molar-refractivity contribution in [3.8, 4) is 17.1 Å². The molecule has 1 fully saturated rings. The van der Waals surface area contributed by atoms with Gasteiger partial charge in [0.15, 0.2) is 6.10 Å². The van der Waals surface area contributed by atoms with Crippen LogP contribution in [0.15, 0.2) is 18.3 Å². The molecule has 2 aromatic heterocycles. The second-order valence-electron chi connectivity index (χ2n) is 11.2. The lowest BCUT2D eigenvalue weighted by atomic mass is 9.82. The molecule has 0 unspecified atom stereocenters. The van der Waals surface area contributed by atoms with E-state index >= 15 is 0 Å². The van der Waals surface area contributed by atoms with Gasteiger partial charge in [0, 0.05) is 42.2 Å². The van der Waals surface area contributed by atoms with E-state index in [2.05, 4.69) is 33.9 Å². The van der Waals surface area contributed by atoms with E-state index in [0.717, 1.165) is 48.4 Å². The minimum atomic E-state index is -0.930. The standard InChI is InChI=1S/C27H40N4O4/c1-17(2)34-25(32)24(35-26(4,5)6)22-18(3)28-16-19(20-10-11-21(33-9)30-29-20)23(22)31-14-12-27(7,8)13-15-31/h10-11,16-17,24H,12-15H2,1-9H3/t24-/m0/s1. The molecule has 1 saturated heterocycles. The first-order chi connectivity index (χ1) is 16.3. The van der Waals surface area contributed by atoms with E-state index < -0.39 is 17.7 Å². The van der Waals surface area contributed by atoms with Crippen LogP contribution in [-0.2, 0) is 14.3 Å². The van der Waals surface area contributed by atoms with E-state index in [9.17, 15) is 4.79 Å². The Bertz CT molecular complexity index is 1020. The molecule has 1 aliphatic heterocycles. The third-order valence-corrected chi connectivity index (χ3v) is 6.15. The van der Waals surface area contributed by atoms with Gasteiger partial charge in [-0.15, -0.1) is 10.2 Å². The van der Waals surface area contributed by atoms with Gasteiger partial charge in [-0.1, -0.05) is 13.8 Å². The molecule has 0 aromatic carbocycles. The van der Waals surface area contributed by atoms with Gasteiger partial charge in [-0.3, -0.25) is 4.98 Å². The van der Waals surface area contributed by atoms with Crippen molar-refractivity contribution in [2.24, 2.45) is 5.41 Å². The van der Waals surface area contributed by atoms with Gasteiger partial charge < -0.3 is 19.1 Å². The average Bonchev–Trinajstić information content (AvgIpc) is 2.76. The first-order valence-corrected chi connectivity index (χ1v) is 12.3. The normalized spacial score (nSPS) is 16.8. The van der Waals surface area contributed by atoms with Crippen molar-refractivity contribution < 1.29 is 19.0 Å². The van der Waals surface area contributed by atoms with Crippen molar-refractivity contribution in [3.05, 3.63) is 29.6 Å². The number of piperidine rings is 1. The van der Waals surface area contributed by atoms with Crippen LogP contribution >= 0.6 is 0 Å². The van der Waals surface area contributed by atoms with Gasteiger partial charge in [0.1, 0.15) is 0 Å². The van der Waals surface area contributed by atoms with Crippen molar-refractivity contribution in [1.82, 2.24) is 15.2 Å². The van der Waals surface area contributed by atoms with Crippen LogP contribution in [0.1, 0.15) is 78.7 Å². The molecule has 2 aromatic rings. The molecule has 8 nitrogen and oxygen atoms in total. The highest BCUT2D eigenvalue weighted by molar-refractivity contribution is 5.86. The Hall–Kier alpha value is -2.74. The molecule has 0 radical (unpaired) electrons. The maximum atomic E-state index is 13.4. The fourth-order valence-corrected chi connectivity index (χ4v) is 4.23. The Morgan fingerprint density at radius 2 is 1.77 bits per heavy atom. The molecule has 1 atom stereocenters. The molecule has 1 aliphatic rings. The van der Waals surface area contributed by atoms with Crippen molar-refractivity contribution in [2.75, 3.05) is 25.1 Å². The maximum Gasteiger partial charge on any atom is 0.340 e. The Morgan fingerprint density at radius 1 is 1.11 bits per heavy atom. The Kier molecular flexibility index (Phi) is 8.04. The SMILES string of the molecule is COc1ccc(-c2cnc(C)c([C@H](OC(C)(C)C)C(=O)OC(C)C)c2N2CCC(C)(C)CC2)nn1. The summed E-state index contributed by atoms with van der Waals surface area (Å²) < 4.78 is 17.2. The molecular formula is C27H40N4O4. The van der Waals surface area contributed by atoms with Crippen LogP contribution in [0.2, 0.25) is 0 Å². The molecule has 35 heavy (non-hydrogen) atoms. The lowest BCUT2D eigenvalue weighted by Gasteiger charge is -2.41. The number of rotatable bonds is 7. The topological polar surface area (TPSA) is 86.7 Å². The van der Waals surface area contributed by atoms with Crippen LogP contribution < -0.4 is 9.64 Å². The number of aromatic nitrogens is 3. The molecule has 3 heterocycles. The fraction of sp³-hybridized carbons (Fsp3) is 0.630. The lowest BCUT2D eigenvalue weighted by Crippen LogP contribution is -2.39. The van der Waals surface area contributed by atoms with Crippen LogP contribution in [0.4, 0.5) is 5.69 Å². The van der Waals surface area contributed by atoms with Gasteiger partial charge in [0.05, 0.1) is 30.2 Å². The molecule has 0 N–H and O–H groups in total. The molecular weight excluding hydrogens is 444 g/mol. The molecule has 0 amide bonds. The second-order valence-corrected chi connectivity index (χ2v) is 11.2. The fourth-order valence-electron chi connectivity index (χ4n) is 4.23. The molecule has 192 valence electrons. The van der Waals surface area contributed by atoms with Crippen LogP contribution in [-0.4, -0.2) is 53.1 Å². The predicted molar refractivity (Wildman–Crippen MR) is 137 cm³/mol. The minimum Gasteiger partial charge on any atom is -0.480 e. The highest BCUT2D eigenvalue weighted by Gasteiger charge is 2.37. The van der Waals surface area contributed by atoms with Gasteiger partial charge in [-0.25, -0.2) is 4.79 Å². The molecule has 0 saturated carbocycles. The maximum absolute atomic E-state index is 13.4. The summed E-state index contributed by atoms with van der Waals surface area (Å²) in [6.45, 7) is 17.7.